The van der Waals surface area contributed by atoms with E-state index in [0.29, 0.717) is 11.8 Å². The molecule has 1 heteroatoms. The summed E-state index contributed by atoms with van der Waals surface area (Å²) < 4.78 is 6.65. The average molecular weight is 597 g/mol. The molecule has 218 valence electrons. The summed E-state index contributed by atoms with van der Waals surface area (Å²) >= 11 is 0. The molecule has 0 saturated carbocycles. The van der Waals surface area contributed by atoms with Gasteiger partial charge in [-0.3, -0.25) is 0 Å². The quantitative estimate of drug-likeness (QED) is 0.181. The van der Waals surface area contributed by atoms with Gasteiger partial charge in [0.15, 0.2) is 0 Å². The fraction of sp³-hybridized carbons (Fsp3) is 0.0435. The number of allylic oxidation sites excluding steroid dienone is 4. The lowest BCUT2D eigenvalue weighted by molar-refractivity contribution is 0.673. The summed E-state index contributed by atoms with van der Waals surface area (Å²) in [7, 11) is 0. The van der Waals surface area contributed by atoms with Gasteiger partial charge < -0.3 is 4.42 Å². The van der Waals surface area contributed by atoms with Crippen molar-refractivity contribution in [2.24, 2.45) is 0 Å². The molecule has 0 fully saturated rings. The summed E-state index contributed by atoms with van der Waals surface area (Å²) in [4.78, 5) is 0. The van der Waals surface area contributed by atoms with Crippen LogP contribution in [0.2, 0.25) is 0 Å². The van der Waals surface area contributed by atoms with Gasteiger partial charge in [0, 0.05) is 28.0 Å². The Bertz CT molecular complexity index is 2780. The van der Waals surface area contributed by atoms with Crippen LogP contribution in [0.1, 0.15) is 23.0 Å². The van der Waals surface area contributed by atoms with Gasteiger partial charge in [-0.25, -0.2) is 0 Å². The molecule has 2 aliphatic rings. The molecule has 0 radical (unpaired) electrons. The minimum absolute atomic E-state index is 0.409. The first kappa shape index (κ1) is 25.3. The molecule has 2 unspecified atom stereocenters. The van der Waals surface area contributed by atoms with Crippen LogP contribution >= 0.6 is 0 Å². The predicted octanol–water partition coefficient (Wildman–Crippen LogP) is 12.8. The molecule has 0 aliphatic heterocycles. The first-order valence-electron chi connectivity index (χ1n) is 16.5. The van der Waals surface area contributed by atoms with Crippen LogP contribution in [0, 0.1) is 0 Å². The van der Waals surface area contributed by atoms with Crippen molar-refractivity contribution in [1.82, 2.24) is 0 Å². The Morgan fingerprint density at radius 3 is 1.70 bits per heavy atom. The van der Waals surface area contributed by atoms with Crippen LogP contribution in [0.3, 0.4) is 0 Å². The molecule has 8 aromatic carbocycles. The summed E-state index contributed by atoms with van der Waals surface area (Å²) in [5.74, 6) is 0.819. The zero-order chi connectivity index (χ0) is 30.6. The third-order valence-corrected chi connectivity index (χ3v) is 10.8. The maximum absolute atomic E-state index is 6.65. The highest BCUT2D eigenvalue weighted by atomic mass is 16.3. The Balaban J connectivity index is 1.26. The van der Waals surface area contributed by atoms with Crippen molar-refractivity contribution in [3.63, 3.8) is 0 Å². The molecule has 2 aliphatic carbocycles. The van der Waals surface area contributed by atoms with Gasteiger partial charge in [-0.2, -0.15) is 0 Å². The van der Waals surface area contributed by atoms with E-state index in [0.717, 1.165) is 21.9 Å². The smallest absolute Gasteiger partial charge is 0.143 e. The second kappa shape index (κ2) is 9.31. The van der Waals surface area contributed by atoms with Crippen molar-refractivity contribution in [3.05, 3.63) is 169 Å². The second-order valence-electron chi connectivity index (χ2n) is 13.1. The van der Waals surface area contributed by atoms with E-state index >= 15 is 0 Å². The second-order valence-corrected chi connectivity index (χ2v) is 13.1. The molecular weight excluding hydrogens is 569 g/mol. The third-order valence-electron chi connectivity index (χ3n) is 10.8. The van der Waals surface area contributed by atoms with Crippen LogP contribution in [0.25, 0.3) is 87.3 Å². The Hall–Kier alpha value is -5.92. The molecular formula is C46H28O. The first-order chi connectivity index (χ1) is 23.3. The fourth-order valence-electron chi connectivity index (χ4n) is 8.91. The van der Waals surface area contributed by atoms with E-state index in [9.17, 15) is 0 Å². The molecule has 1 aromatic heterocycles. The van der Waals surface area contributed by atoms with Gasteiger partial charge in [0.2, 0.25) is 0 Å². The minimum Gasteiger partial charge on any atom is -0.455 e. The van der Waals surface area contributed by atoms with Crippen LogP contribution in [0.5, 0.6) is 0 Å². The number of benzene rings is 8. The molecule has 1 nitrogen and oxygen atoms in total. The zero-order valence-corrected chi connectivity index (χ0v) is 25.6. The molecule has 2 atom stereocenters. The largest absolute Gasteiger partial charge is 0.455 e. The van der Waals surface area contributed by atoms with Gasteiger partial charge in [0.05, 0.1) is 0 Å². The van der Waals surface area contributed by atoms with E-state index in [4.69, 9.17) is 4.42 Å². The molecule has 0 spiro atoms. The average Bonchev–Trinajstić information content (AvgIpc) is 3.68. The standard InChI is InChI=1S/C46H28O/c1-2-12-28-27(11-1)23-24-40-45-39(21-10-22-41(45)47-46(28)40)44-34-17-7-5-15-32(34)43(33-16-6-8-18-35(33)44)38-26-25-37-30-14-4-3-13-29(30)31-19-9-20-36(38)42(31)37/h1-26,29-30H. The van der Waals surface area contributed by atoms with E-state index in [1.54, 1.807) is 0 Å². The van der Waals surface area contributed by atoms with Gasteiger partial charge in [-0.1, -0.05) is 146 Å². The summed E-state index contributed by atoms with van der Waals surface area (Å²) in [5.41, 5.74) is 9.83. The summed E-state index contributed by atoms with van der Waals surface area (Å²) in [5, 5.41) is 12.5. The lowest BCUT2D eigenvalue weighted by Gasteiger charge is -2.20. The van der Waals surface area contributed by atoms with Crippen LogP contribution < -0.4 is 0 Å². The van der Waals surface area contributed by atoms with E-state index in [1.807, 2.05) is 0 Å². The molecule has 11 rings (SSSR count). The van der Waals surface area contributed by atoms with Crippen molar-refractivity contribution in [2.75, 3.05) is 0 Å². The van der Waals surface area contributed by atoms with E-state index in [2.05, 4.69) is 158 Å². The fourth-order valence-corrected chi connectivity index (χ4v) is 8.91. The van der Waals surface area contributed by atoms with Crippen molar-refractivity contribution in [1.29, 1.82) is 0 Å². The van der Waals surface area contributed by atoms with Crippen molar-refractivity contribution < 1.29 is 4.42 Å². The highest BCUT2D eigenvalue weighted by Gasteiger charge is 2.33. The SMILES string of the molecule is C1=CC2c3cccc4c(-c5c6ccccc6c(-c6cccc7oc8c9ccccc9ccc8c67)c6ccccc56)ccc(c34)C2C=C1. The topological polar surface area (TPSA) is 13.1 Å². The molecule has 9 aromatic rings. The van der Waals surface area contributed by atoms with E-state index in [-0.39, 0.29) is 0 Å². The zero-order valence-electron chi connectivity index (χ0n) is 25.6. The minimum atomic E-state index is 0.409. The maximum atomic E-state index is 6.65. The van der Waals surface area contributed by atoms with Gasteiger partial charge in [-0.15, -0.1) is 0 Å². The number of hydrogen-bond acceptors (Lipinski definition) is 1. The number of hydrogen-bond donors (Lipinski definition) is 0. The highest BCUT2D eigenvalue weighted by molar-refractivity contribution is 6.28. The third kappa shape index (κ3) is 3.33. The van der Waals surface area contributed by atoms with Gasteiger partial charge in [-0.05, 0) is 83.2 Å². The van der Waals surface area contributed by atoms with Crippen LogP contribution in [0.15, 0.2) is 162 Å². The summed E-state index contributed by atoms with van der Waals surface area (Å²) in [6, 6.07) is 49.2. The van der Waals surface area contributed by atoms with Crippen LogP contribution in [-0.2, 0) is 0 Å². The molecule has 0 N–H and O–H groups in total. The summed E-state index contributed by atoms with van der Waals surface area (Å²) in [6.45, 7) is 0. The number of rotatable bonds is 2. The Kier molecular flexibility index (Phi) is 5.01. The van der Waals surface area contributed by atoms with Crippen molar-refractivity contribution in [3.8, 4) is 22.3 Å². The van der Waals surface area contributed by atoms with Gasteiger partial charge >= 0.3 is 0 Å². The van der Waals surface area contributed by atoms with Crippen molar-refractivity contribution in [2.45, 2.75) is 11.8 Å². The Morgan fingerprint density at radius 1 is 0.383 bits per heavy atom. The monoisotopic (exact) mass is 596 g/mol. The molecule has 1 heterocycles. The van der Waals surface area contributed by atoms with Crippen LogP contribution in [0.4, 0.5) is 0 Å². The highest BCUT2D eigenvalue weighted by Crippen LogP contribution is 2.53. The number of furan rings is 1. The molecule has 0 bridgehead atoms. The normalized spacial score (nSPS) is 16.8. The predicted molar refractivity (Wildman–Crippen MR) is 198 cm³/mol. The first-order valence-corrected chi connectivity index (χ1v) is 16.5. The molecule has 0 amide bonds. The van der Waals surface area contributed by atoms with Gasteiger partial charge in [0.1, 0.15) is 11.2 Å². The molecule has 47 heavy (non-hydrogen) atoms. The number of fused-ring (bicyclic) bond motifs is 10. The maximum Gasteiger partial charge on any atom is 0.143 e. The Morgan fingerprint density at radius 2 is 0.979 bits per heavy atom. The van der Waals surface area contributed by atoms with E-state index in [1.165, 1.54) is 76.5 Å². The Labute approximate surface area is 271 Å². The lowest BCUT2D eigenvalue weighted by Crippen LogP contribution is -2.01. The van der Waals surface area contributed by atoms with E-state index < -0.39 is 0 Å². The van der Waals surface area contributed by atoms with Crippen molar-refractivity contribution >= 4 is 65.0 Å². The van der Waals surface area contributed by atoms with Crippen LogP contribution in [-0.4, -0.2) is 0 Å². The molecule has 0 saturated heterocycles. The summed E-state index contributed by atoms with van der Waals surface area (Å²) in [6.07, 6.45) is 9.17. The van der Waals surface area contributed by atoms with Gasteiger partial charge in [0.25, 0.3) is 0 Å². The lowest BCUT2D eigenvalue weighted by atomic mass is 9.83.